The largest absolute Gasteiger partial charge is 0.496 e. The number of hydrogen-bond donors (Lipinski definition) is 1. The van der Waals surface area contributed by atoms with Crippen LogP contribution in [0.1, 0.15) is 59.3 Å². The molecule has 1 aromatic heterocycles. The van der Waals surface area contributed by atoms with E-state index >= 15 is 0 Å². The SMILES string of the molecule is COc1ccc(C(C)N2C3CCC34C(NC(=O)c3ccc(Cl)nc3)CC24)c(C)c1C. The van der Waals surface area contributed by atoms with Crippen LogP contribution in [0.4, 0.5) is 0 Å². The summed E-state index contributed by atoms with van der Waals surface area (Å²) in [5, 5.41) is 3.68. The standard InChI is InChI=1S/C24H28ClN3O2/c1-13-14(2)18(30-4)7-6-17(13)15(3)28-20-9-10-24(20)19(11-21(24)28)27-23(29)16-5-8-22(25)26-12-16/h5-8,12,15,19-21H,9-11H2,1-4H3,(H,27,29). The molecule has 6 heteroatoms. The van der Waals surface area contributed by atoms with Gasteiger partial charge < -0.3 is 10.1 Å². The molecule has 1 saturated heterocycles. The van der Waals surface area contributed by atoms with Gasteiger partial charge in [-0.15, -0.1) is 0 Å². The number of likely N-dealkylation sites (tertiary alicyclic amines) is 1. The lowest BCUT2D eigenvalue weighted by molar-refractivity contribution is -0.293. The fourth-order valence-corrected chi connectivity index (χ4v) is 6.34. The topological polar surface area (TPSA) is 54.5 Å². The predicted octanol–water partition coefficient (Wildman–Crippen LogP) is 4.46. The summed E-state index contributed by atoms with van der Waals surface area (Å²) in [5.74, 6) is 0.906. The Hall–Kier alpha value is -2.11. The number of carbonyl (C=O) groups excluding carboxylic acids is 1. The van der Waals surface area contributed by atoms with E-state index in [-0.39, 0.29) is 17.4 Å². The highest BCUT2D eigenvalue weighted by Crippen LogP contribution is 2.69. The fraction of sp³-hybridized carbons (Fsp3) is 0.500. The summed E-state index contributed by atoms with van der Waals surface area (Å²) in [6, 6.07) is 9.45. The first-order chi connectivity index (χ1) is 14.4. The van der Waals surface area contributed by atoms with Crippen molar-refractivity contribution in [1.29, 1.82) is 0 Å². The molecule has 5 unspecified atom stereocenters. The Balaban J connectivity index is 1.30. The number of pyridine rings is 1. The van der Waals surface area contributed by atoms with Gasteiger partial charge >= 0.3 is 0 Å². The van der Waals surface area contributed by atoms with Crippen molar-refractivity contribution in [2.24, 2.45) is 5.41 Å². The molecule has 1 N–H and O–H groups in total. The minimum Gasteiger partial charge on any atom is -0.496 e. The first-order valence-electron chi connectivity index (χ1n) is 10.7. The lowest BCUT2D eigenvalue weighted by atomic mass is 9.39. The number of nitrogens with one attached hydrogen (secondary N) is 1. The summed E-state index contributed by atoms with van der Waals surface area (Å²) in [6.45, 7) is 6.65. The lowest BCUT2D eigenvalue weighted by Crippen LogP contribution is -2.89. The summed E-state index contributed by atoms with van der Waals surface area (Å²) in [7, 11) is 1.73. The van der Waals surface area contributed by atoms with Gasteiger partial charge in [0.25, 0.3) is 5.91 Å². The van der Waals surface area contributed by atoms with Crippen LogP contribution < -0.4 is 10.1 Å². The van der Waals surface area contributed by atoms with Crippen LogP contribution >= 0.6 is 11.6 Å². The first kappa shape index (κ1) is 19.8. The molecule has 2 aromatic rings. The monoisotopic (exact) mass is 425 g/mol. The minimum atomic E-state index is -0.0456. The lowest BCUT2D eigenvalue weighted by Gasteiger charge is -2.80. The summed E-state index contributed by atoms with van der Waals surface area (Å²) >= 11 is 5.84. The smallest absolute Gasteiger partial charge is 0.253 e. The van der Waals surface area contributed by atoms with Crippen molar-refractivity contribution in [2.75, 3.05) is 7.11 Å². The molecule has 30 heavy (non-hydrogen) atoms. The average molecular weight is 426 g/mol. The number of hydrogen-bond acceptors (Lipinski definition) is 4. The minimum absolute atomic E-state index is 0.0456. The molecule has 5 atom stereocenters. The molecule has 1 aliphatic heterocycles. The van der Waals surface area contributed by atoms with Gasteiger partial charge in [-0.2, -0.15) is 0 Å². The molecule has 2 saturated carbocycles. The second-order valence-electron chi connectivity index (χ2n) is 9.04. The Bertz CT molecular complexity index is 1000. The second kappa shape index (κ2) is 6.96. The van der Waals surface area contributed by atoms with Gasteiger partial charge in [-0.1, -0.05) is 17.7 Å². The van der Waals surface area contributed by atoms with Crippen LogP contribution in [0.5, 0.6) is 5.75 Å². The Morgan fingerprint density at radius 2 is 2.07 bits per heavy atom. The van der Waals surface area contributed by atoms with Crippen molar-refractivity contribution >= 4 is 17.5 Å². The predicted molar refractivity (Wildman–Crippen MR) is 117 cm³/mol. The fourth-order valence-electron chi connectivity index (χ4n) is 6.23. The maximum absolute atomic E-state index is 12.7. The van der Waals surface area contributed by atoms with Crippen LogP contribution in [0.2, 0.25) is 5.15 Å². The summed E-state index contributed by atoms with van der Waals surface area (Å²) in [6.07, 6.45) is 4.98. The number of aromatic nitrogens is 1. The van der Waals surface area contributed by atoms with E-state index in [0.29, 0.717) is 28.8 Å². The number of nitrogens with zero attached hydrogens (tertiary/aromatic N) is 2. The quantitative estimate of drug-likeness (QED) is 0.719. The number of piperidine rings is 2. The molecule has 1 amide bonds. The van der Waals surface area contributed by atoms with Gasteiger partial charge in [0, 0.05) is 35.8 Å². The highest BCUT2D eigenvalue weighted by Gasteiger charge is 2.76. The van der Waals surface area contributed by atoms with Gasteiger partial charge in [-0.05, 0) is 74.9 Å². The maximum Gasteiger partial charge on any atom is 0.253 e. The Morgan fingerprint density at radius 3 is 2.67 bits per heavy atom. The molecule has 0 bridgehead atoms. The zero-order valence-electron chi connectivity index (χ0n) is 17.9. The van der Waals surface area contributed by atoms with E-state index in [9.17, 15) is 4.79 Å². The van der Waals surface area contributed by atoms with Gasteiger partial charge in [0.1, 0.15) is 10.9 Å². The third kappa shape index (κ3) is 2.58. The number of benzene rings is 1. The van der Waals surface area contributed by atoms with Crippen LogP contribution in [0.3, 0.4) is 0 Å². The maximum atomic E-state index is 12.7. The molecule has 0 radical (unpaired) electrons. The van der Waals surface area contributed by atoms with Crippen LogP contribution in [0, 0.1) is 19.3 Å². The molecule has 2 aliphatic carbocycles. The van der Waals surface area contributed by atoms with Gasteiger partial charge in [-0.3, -0.25) is 9.69 Å². The Morgan fingerprint density at radius 1 is 1.27 bits per heavy atom. The van der Waals surface area contributed by atoms with E-state index < -0.39 is 0 Å². The van der Waals surface area contributed by atoms with Crippen molar-refractivity contribution in [1.82, 2.24) is 15.2 Å². The van der Waals surface area contributed by atoms with Crippen LogP contribution in [-0.4, -0.2) is 41.0 Å². The second-order valence-corrected chi connectivity index (χ2v) is 9.43. The number of amides is 1. The third-order valence-corrected chi connectivity index (χ3v) is 8.33. The van der Waals surface area contributed by atoms with Crippen LogP contribution in [-0.2, 0) is 0 Å². The summed E-state index contributed by atoms with van der Waals surface area (Å²) < 4.78 is 5.49. The molecule has 5 nitrogen and oxygen atoms in total. The van der Waals surface area contributed by atoms with Crippen LogP contribution in [0.25, 0.3) is 0 Å². The summed E-state index contributed by atoms with van der Waals surface area (Å²) in [4.78, 5) is 19.4. The molecule has 1 aromatic carbocycles. The normalized spacial score (nSPS) is 30.1. The molecule has 3 fully saturated rings. The number of methoxy groups -OCH3 is 1. The van der Waals surface area contributed by atoms with Gasteiger partial charge in [-0.25, -0.2) is 4.98 Å². The zero-order chi connectivity index (χ0) is 21.2. The Kier molecular flexibility index (Phi) is 4.60. The van der Waals surface area contributed by atoms with Crippen molar-refractivity contribution in [2.45, 2.75) is 64.2 Å². The number of carbonyl (C=O) groups is 1. The molecule has 5 rings (SSSR count). The number of rotatable bonds is 5. The molecule has 158 valence electrons. The van der Waals surface area contributed by atoms with E-state index in [1.165, 1.54) is 29.5 Å². The van der Waals surface area contributed by atoms with Crippen LogP contribution in [0.15, 0.2) is 30.5 Å². The highest BCUT2D eigenvalue weighted by atomic mass is 35.5. The van der Waals surface area contributed by atoms with Crippen molar-refractivity contribution in [3.05, 3.63) is 57.9 Å². The zero-order valence-corrected chi connectivity index (χ0v) is 18.7. The molecule has 1 spiro atoms. The Labute approximate surface area is 182 Å². The van der Waals surface area contributed by atoms with E-state index in [2.05, 4.69) is 48.1 Å². The molecular weight excluding hydrogens is 398 g/mol. The van der Waals surface area contributed by atoms with E-state index in [1.807, 2.05) is 0 Å². The van der Waals surface area contributed by atoms with Gasteiger partial charge in [0.2, 0.25) is 0 Å². The molecule has 2 heterocycles. The van der Waals surface area contributed by atoms with Crippen molar-refractivity contribution < 1.29 is 9.53 Å². The average Bonchev–Trinajstić information content (AvgIpc) is 2.70. The van der Waals surface area contributed by atoms with Crippen molar-refractivity contribution in [3.8, 4) is 5.75 Å². The van der Waals surface area contributed by atoms with Gasteiger partial charge in [0.05, 0.1) is 12.7 Å². The summed E-state index contributed by atoms with van der Waals surface area (Å²) in [5.41, 5.74) is 4.76. The van der Waals surface area contributed by atoms with E-state index in [1.54, 1.807) is 25.4 Å². The number of halogens is 1. The van der Waals surface area contributed by atoms with E-state index in [0.717, 1.165) is 12.2 Å². The van der Waals surface area contributed by atoms with E-state index in [4.69, 9.17) is 16.3 Å². The first-order valence-corrected chi connectivity index (χ1v) is 11.1. The third-order valence-electron chi connectivity index (χ3n) is 8.11. The molecule has 3 aliphatic rings. The molecular formula is C24H28ClN3O2. The van der Waals surface area contributed by atoms with Gasteiger partial charge in [0.15, 0.2) is 0 Å². The number of ether oxygens (including phenoxy) is 1. The van der Waals surface area contributed by atoms with Crippen molar-refractivity contribution in [3.63, 3.8) is 0 Å². The highest BCUT2D eigenvalue weighted by molar-refractivity contribution is 6.29.